The number of fused-ring (bicyclic) bond motifs is 1. The van der Waals surface area contributed by atoms with Gasteiger partial charge >= 0.3 is 0 Å². The minimum Gasteiger partial charge on any atom is -0.317 e. The van der Waals surface area contributed by atoms with Gasteiger partial charge in [0, 0.05) is 12.3 Å². The fourth-order valence-electron chi connectivity index (χ4n) is 3.15. The first-order chi connectivity index (χ1) is 10.8. The maximum Gasteiger partial charge on any atom is 0.173 e. The summed E-state index contributed by atoms with van der Waals surface area (Å²) in [5.41, 5.74) is 2.22. The molecule has 1 unspecified atom stereocenters. The maximum atomic E-state index is 4.78. The van der Waals surface area contributed by atoms with Crippen molar-refractivity contribution in [3.63, 3.8) is 0 Å². The van der Waals surface area contributed by atoms with E-state index in [0.29, 0.717) is 5.92 Å². The zero-order valence-electron chi connectivity index (χ0n) is 13.1. The van der Waals surface area contributed by atoms with Crippen molar-refractivity contribution in [3.8, 4) is 0 Å². The van der Waals surface area contributed by atoms with Crippen molar-refractivity contribution in [3.05, 3.63) is 41.7 Å². The van der Waals surface area contributed by atoms with E-state index >= 15 is 0 Å². The summed E-state index contributed by atoms with van der Waals surface area (Å²) in [6.45, 7) is 4.34. The van der Waals surface area contributed by atoms with Crippen LogP contribution in [-0.2, 0) is 6.42 Å². The molecule has 0 amide bonds. The van der Waals surface area contributed by atoms with Crippen molar-refractivity contribution in [2.24, 2.45) is 0 Å². The van der Waals surface area contributed by atoms with E-state index in [4.69, 9.17) is 9.97 Å². The van der Waals surface area contributed by atoms with Crippen LogP contribution in [0, 0.1) is 0 Å². The van der Waals surface area contributed by atoms with E-state index in [1.54, 1.807) is 0 Å². The normalized spacial score (nSPS) is 16.3. The molecule has 4 rings (SSSR count). The molecule has 5 heteroatoms. The topological polar surface area (TPSA) is 59.4 Å². The lowest BCUT2D eigenvalue weighted by molar-refractivity contribution is 0.530. The van der Waals surface area contributed by atoms with Gasteiger partial charge in [-0.05, 0) is 31.4 Å². The number of nitrogens with one attached hydrogen (secondary N) is 1. The van der Waals surface area contributed by atoms with E-state index in [0.717, 1.165) is 35.8 Å². The predicted octanol–water partition coefficient (Wildman–Crippen LogP) is 3.59. The lowest BCUT2D eigenvalue weighted by Crippen LogP contribution is -2.14. The quantitative estimate of drug-likeness (QED) is 0.782. The molecule has 1 aliphatic rings. The van der Waals surface area contributed by atoms with Gasteiger partial charge in [0.1, 0.15) is 11.6 Å². The third-order valence-corrected chi connectivity index (χ3v) is 4.47. The molecule has 1 atom stereocenters. The molecule has 0 spiro atoms. The molecule has 2 aromatic heterocycles. The van der Waals surface area contributed by atoms with Gasteiger partial charge in [0.25, 0.3) is 0 Å². The van der Waals surface area contributed by atoms with Crippen LogP contribution < -0.4 is 0 Å². The van der Waals surface area contributed by atoms with Crippen LogP contribution in [-0.4, -0.2) is 24.7 Å². The zero-order chi connectivity index (χ0) is 15.1. The molecule has 1 aliphatic carbocycles. The molecule has 0 radical (unpaired) electrons. The van der Waals surface area contributed by atoms with Gasteiger partial charge in [-0.1, -0.05) is 26.0 Å². The Morgan fingerprint density at radius 3 is 2.77 bits per heavy atom. The highest BCUT2D eigenvalue weighted by molar-refractivity contribution is 5.76. The SMILES string of the molecule is CCc1nc2ccccc2n1C(CC)c1n[nH]c(C2CC2)n1. The van der Waals surface area contributed by atoms with Gasteiger partial charge in [0.2, 0.25) is 0 Å². The highest BCUT2D eigenvalue weighted by Crippen LogP contribution is 2.38. The molecular weight excluding hydrogens is 274 g/mol. The second-order valence-corrected chi connectivity index (χ2v) is 6.02. The van der Waals surface area contributed by atoms with Crippen LogP contribution in [0.1, 0.15) is 62.5 Å². The summed E-state index contributed by atoms with van der Waals surface area (Å²) in [6.07, 6.45) is 4.33. The van der Waals surface area contributed by atoms with Gasteiger partial charge in [-0.25, -0.2) is 9.97 Å². The third-order valence-electron chi connectivity index (χ3n) is 4.47. The number of para-hydroxylation sites is 2. The fraction of sp³-hybridized carbons (Fsp3) is 0.471. The number of aromatic amines is 1. The smallest absolute Gasteiger partial charge is 0.173 e. The van der Waals surface area contributed by atoms with Crippen molar-refractivity contribution in [2.75, 3.05) is 0 Å². The van der Waals surface area contributed by atoms with E-state index in [1.807, 2.05) is 6.07 Å². The molecule has 1 fully saturated rings. The Morgan fingerprint density at radius 2 is 2.05 bits per heavy atom. The number of aryl methyl sites for hydroxylation is 1. The number of rotatable bonds is 5. The first kappa shape index (κ1) is 13.5. The second-order valence-electron chi connectivity index (χ2n) is 6.02. The highest BCUT2D eigenvalue weighted by Gasteiger charge is 2.29. The summed E-state index contributed by atoms with van der Waals surface area (Å²) in [5.74, 6) is 3.65. The van der Waals surface area contributed by atoms with Gasteiger partial charge < -0.3 is 4.57 Å². The van der Waals surface area contributed by atoms with Crippen LogP contribution in [0.2, 0.25) is 0 Å². The van der Waals surface area contributed by atoms with E-state index < -0.39 is 0 Å². The molecule has 0 bridgehead atoms. The molecular formula is C17H21N5. The summed E-state index contributed by atoms with van der Waals surface area (Å²) in [6, 6.07) is 8.47. The summed E-state index contributed by atoms with van der Waals surface area (Å²) in [4.78, 5) is 9.54. The van der Waals surface area contributed by atoms with E-state index in [9.17, 15) is 0 Å². The number of hydrogen-bond acceptors (Lipinski definition) is 3. The fourth-order valence-corrected chi connectivity index (χ4v) is 3.15. The Labute approximate surface area is 129 Å². The van der Waals surface area contributed by atoms with Crippen LogP contribution in [0.15, 0.2) is 24.3 Å². The van der Waals surface area contributed by atoms with E-state index in [-0.39, 0.29) is 6.04 Å². The molecule has 1 aromatic carbocycles. The third kappa shape index (κ3) is 2.12. The van der Waals surface area contributed by atoms with E-state index in [1.165, 1.54) is 18.4 Å². The standard InChI is InChI=1S/C17H21N5/c1-3-13(17-19-16(20-21-17)11-9-10-11)22-14-8-6-5-7-12(14)18-15(22)4-2/h5-8,11,13H,3-4,9-10H2,1-2H3,(H,19,20,21). The molecule has 1 saturated carbocycles. The van der Waals surface area contributed by atoms with Crippen LogP contribution >= 0.6 is 0 Å². The number of benzene rings is 1. The number of aromatic nitrogens is 5. The average molecular weight is 295 g/mol. The van der Waals surface area contributed by atoms with Gasteiger partial charge in [0.05, 0.1) is 17.1 Å². The zero-order valence-corrected chi connectivity index (χ0v) is 13.1. The summed E-state index contributed by atoms with van der Waals surface area (Å²) in [5, 5.41) is 7.64. The van der Waals surface area contributed by atoms with Crippen molar-refractivity contribution < 1.29 is 0 Å². The van der Waals surface area contributed by atoms with Crippen molar-refractivity contribution in [2.45, 2.75) is 51.5 Å². The number of H-pyrrole nitrogens is 1. The average Bonchev–Trinajstić information content (AvgIpc) is 3.17. The van der Waals surface area contributed by atoms with Crippen molar-refractivity contribution in [1.29, 1.82) is 0 Å². The molecule has 3 aromatic rings. The first-order valence-corrected chi connectivity index (χ1v) is 8.19. The first-order valence-electron chi connectivity index (χ1n) is 8.19. The number of imidazole rings is 1. The second kappa shape index (κ2) is 5.23. The number of hydrogen-bond donors (Lipinski definition) is 1. The maximum absolute atomic E-state index is 4.78. The van der Waals surface area contributed by atoms with Gasteiger partial charge in [-0.2, -0.15) is 5.10 Å². The molecule has 0 saturated heterocycles. The van der Waals surface area contributed by atoms with Gasteiger partial charge in [-0.15, -0.1) is 0 Å². The molecule has 0 aliphatic heterocycles. The minimum absolute atomic E-state index is 0.145. The molecule has 22 heavy (non-hydrogen) atoms. The van der Waals surface area contributed by atoms with Gasteiger partial charge in [0.15, 0.2) is 5.82 Å². The molecule has 1 N–H and O–H groups in total. The molecule has 2 heterocycles. The van der Waals surface area contributed by atoms with E-state index in [2.05, 4.69) is 46.8 Å². The van der Waals surface area contributed by atoms with Gasteiger partial charge in [-0.3, -0.25) is 5.10 Å². The van der Waals surface area contributed by atoms with Crippen LogP contribution in [0.5, 0.6) is 0 Å². The minimum atomic E-state index is 0.145. The predicted molar refractivity (Wildman–Crippen MR) is 85.9 cm³/mol. The Hall–Kier alpha value is -2.17. The monoisotopic (exact) mass is 295 g/mol. The molecule has 5 nitrogen and oxygen atoms in total. The Morgan fingerprint density at radius 1 is 1.23 bits per heavy atom. The Balaban J connectivity index is 1.82. The van der Waals surface area contributed by atoms with Crippen LogP contribution in [0.25, 0.3) is 11.0 Å². The Kier molecular flexibility index (Phi) is 3.21. The number of nitrogens with zero attached hydrogens (tertiary/aromatic N) is 4. The summed E-state index contributed by atoms with van der Waals surface area (Å²) < 4.78 is 2.31. The summed E-state index contributed by atoms with van der Waals surface area (Å²) in [7, 11) is 0. The largest absolute Gasteiger partial charge is 0.317 e. The summed E-state index contributed by atoms with van der Waals surface area (Å²) >= 11 is 0. The lowest BCUT2D eigenvalue weighted by atomic mass is 10.2. The van der Waals surface area contributed by atoms with Crippen LogP contribution in [0.4, 0.5) is 0 Å². The van der Waals surface area contributed by atoms with Crippen molar-refractivity contribution in [1.82, 2.24) is 24.7 Å². The molecule has 114 valence electrons. The highest BCUT2D eigenvalue weighted by atomic mass is 15.3. The van der Waals surface area contributed by atoms with Crippen molar-refractivity contribution >= 4 is 11.0 Å². The lowest BCUT2D eigenvalue weighted by Gasteiger charge is -2.17. The van der Waals surface area contributed by atoms with Crippen LogP contribution in [0.3, 0.4) is 0 Å². The Bertz CT molecular complexity index is 796.